The Morgan fingerprint density at radius 3 is 2.58 bits per heavy atom. The number of nitrogens with zero attached hydrogens (tertiary/aromatic N) is 2. The molecular formula is C13H25ClN2O2S. The molecule has 0 N–H and O–H groups in total. The summed E-state index contributed by atoms with van der Waals surface area (Å²) in [6, 6.07) is 0. The van der Waals surface area contributed by atoms with E-state index in [1.165, 1.54) is 6.26 Å². The van der Waals surface area contributed by atoms with E-state index in [9.17, 15) is 8.42 Å². The highest BCUT2D eigenvalue weighted by atomic mass is 35.5. The van der Waals surface area contributed by atoms with Gasteiger partial charge in [0.15, 0.2) is 0 Å². The second kappa shape index (κ2) is 6.29. The van der Waals surface area contributed by atoms with Crippen molar-refractivity contribution in [3.63, 3.8) is 0 Å². The van der Waals surface area contributed by atoms with Crippen LogP contribution in [0.25, 0.3) is 0 Å². The van der Waals surface area contributed by atoms with Crippen molar-refractivity contribution in [2.75, 3.05) is 39.0 Å². The third-order valence-corrected chi connectivity index (χ3v) is 6.26. The van der Waals surface area contributed by atoms with Gasteiger partial charge in [-0.3, -0.25) is 0 Å². The molecule has 2 heterocycles. The van der Waals surface area contributed by atoms with Gasteiger partial charge in [0.2, 0.25) is 10.0 Å². The van der Waals surface area contributed by atoms with Crippen LogP contribution in [0.15, 0.2) is 0 Å². The molecule has 6 heteroatoms. The molecule has 19 heavy (non-hydrogen) atoms. The van der Waals surface area contributed by atoms with Gasteiger partial charge >= 0.3 is 0 Å². The summed E-state index contributed by atoms with van der Waals surface area (Å²) in [5.74, 6) is 1.05. The van der Waals surface area contributed by atoms with Gasteiger partial charge < -0.3 is 4.90 Å². The van der Waals surface area contributed by atoms with Crippen molar-refractivity contribution in [1.82, 2.24) is 9.21 Å². The van der Waals surface area contributed by atoms with Gasteiger partial charge in [0.05, 0.1) is 6.26 Å². The number of likely N-dealkylation sites (tertiary alicyclic amines) is 1. The first-order valence-electron chi connectivity index (χ1n) is 7.18. The number of halogens is 1. The van der Waals surface area contributed by atoms with Gasteiger partial charge in [0.25, 0.3) is 0 Å². The molecule has 0 spiro atoms. The summed E-state index contributed by atoms with van der Waals surface area (Å²) in [6.45, 7) is 6.60. The molecule has 0 bridgehead atoms. The first-order chi connectivity index (χ1) is 8.86. The lowest BCUT2D eigenvalue weighted by Crippen LogP contribution is -2.47. The first kappa shape index (κ1) is 15.5. The van der Waals surface area contributed by atoms with Crippen molar-refractivity contribution in [2.45, 2.75) is 31.6 Å². The van der Waals surface area contributed by atoms with Crippen molar-refractivity contribution in [3.8, 4) is 0 Å². The van der Waals surface area contributed by atoms with E-state index in [2.05, 4.69) is 11.8 Å². The van der Waals surface area contributed by atoms with Gasteiger partial charge in [-0.1, -0.05) is 6.92 Å². The topological polar surface area (TPSA) is 40.6 Å². The normalized spacial score (nSPS) is 35.4. The number of piperidine rings is 2. The van der Waals surface area contributed by atoms with Crippen molar-refractivity contribution in [1.29, 1.82) is 0 Å². The molecule has 0 aromatic heterocycles. The highest BCUT2D eigenvalue weighted by molar-refractivity contribution is 7.88. The zero-order valence-electron chi connectivity index (χ0n) is 11.9. The van der Waals surface area contributed by atoms with Crippen molar-refractivity contribution < 1.29 is 8.42 Å². The first-order valence-corrected chi connectivity index (χ1v) is 9.46. The third kappa shape index (κ3) is 4.31. The van der Waals surface area contributed by atoms with Crippen LogP contribution in [0.3, 0.4) is 0 Å². The highest BCUT2D eigenvalue weighted by Crippen LogP contribution is 2.25. The molecule has 2 rings (SSSR count). The number of rotatable bonds is 3. The number of hydrogen-bond donors (Lipinski definition) is 0. The minimum atomic E-state index is -3.03. The molecule has 112 valence electrons. The summed E-state index contributed by atoms with van der Waals surface area (Å²) in [6.07, 6.45) is 4.57. The SMILES string of the molecule is CC1CCN(CC2CCCN(S(C)(=O)=O)C2)CC1Cl. The Labute approximate surface area is 122 Å². The number of hydrogen-bond acceptors (Lipinski definition) is 3. The van der Waals surface area contributed by atoms with E-state index in [0.29, 0.717) is 24.9 Å². The maximum Gasteiger partial charge on any atom is 0.211 e. The van der Waals surface area contributed by atoms with Crippen LogP contribution in [0, 0.1) is 11.8 Å². The second-order valence-corrected chi connectivity index (χ2v) is 8.71. The molecule has 0 radical (unpaired) electrons. The van der Waals surface area contributed by atoms with E-state index in [1.807, 2.05) is 0 Å². The third-order valence-electron chi connectivity index (χ3n) is 4.42. The Hall–Kier alpha value is 0.160. The Morgan fingerprint density at radius 2 is 1.95 bits per heavy atom. The molecule has 2 aliphatic heterocycles. The smallest absolute Gasteiger partial charge is 0.211 e. The predicted octanol–water partition coefficient (Wildman–Crippen LogP) is 1.61. The molecule has 3 atom stereocenters. The fraction of sp³-hybridized carbons (Fsp3) is 1.00. The average molecular weight is 309 g/mol. The van der Waals surface area contributed by atoms with Crippen LogP contribution in [-0.4, -0.2) is 62.0 Å². The van der Waals surface area contributed by atoms with Crippen molar-refractivity contribution in [3.05, 3.63) is 0 Å². The fourth-order valence-electron chi connectivity index (χ4n) is 3.09. The molecule has 0 aromatic rings. The molecule has 2 fully saturated rings. The lowest BCUT2D eigenvalue weighted by molar-refractivity contribution is 0.142. The summed E-state index contributed by atoms with van der Waals surface area (Å²) in [7, 11) is -3.03. The van der Waals surface area contributed by atoms with Crippen LogP contribution in [0.1, 0.15) is 26.2 Å². The van der Waals surface area contributed by atoms with Gasteiger partial charge in [-0.2, -0.15) is 0 Å². The summed E-state index contributed by atoms with van der Waals surface area (Å²) in [5.41, 5.74) is 0. The quantitative estimate of drug-likeness (QED) is 0.744. The van der Waals surface area contributed by atoms with E-state index in [1.54, 1.807) is 4.31 Å². The molecule has 0 saturated carbocycles. The Kier molecular flexibility index (Phi) is 5.15. The van der Waals surface area contributed by atoms with E-state index < -0.39 is 10.0 Å². The molecule has 0 amide bonds. The fourth-order valence-corrected chi connectivity index (χ4v) is 4.36. The van der Waals surface area contributed by atoms with Crippen molar-refractivity contribution in [2.24, 2.45) is 11.8 Å². The van der Waals surface area contributed by atoms with Gasteiger partial charge in [-0.05, 0) is 37.6 Å². The maximum atomic E-state index is 11.6. The zero-order chi connectivity index (χ0) is 14.0. The van der Waals surface area contributed by atoms with Crippen LogP contribution < -0.4 is 0 Å². The highest BCUT2D eigenvalue weighted by Gasteiger charge is 2.30. The van der Waals surface area contributed by atoms with Gasteiger partial charge in [-0.15, -0.1) is 11.6 Å². The average Bonchev–Trinajstić information content (AvgIpc) is 2.33. The summed E-state index contributed by atoms with van der Waals surface area (Å²) in [4.78, 5) is 2.41. The summed E-state index contributed by atoms with van der Waals surface area (Å²) < 4.78 is 24.9. The second-order valence-electron chi connectivity index (χ2n) is 6.17. The molecule has 2 saturated heterocycles. The molecule has 0 aliphatic carbocycles. The van der Waals surface area contributed by atoms with Gasteiger partial charge in [0, 0.05) is 31.6 Å². The minimum Gasteiger partial charge on any atom is -0.302 e. The van der Waals surface area contributed by atoms with Crippen molar-refractivity contribution >= 4 is 21.6 Å². The van der Waals surface area contributed by atoms with E-state index in [4.69, 9.17) is 11.6 Å². The molecule has 4 nitrogen and oxygen atoms in total. The maximum absolute atomic E-state index is 11.6. The predicted molar refractivity (Wildman–Crippen MR) is 79.0 cm³/mol. The zero-order valence-corrected chi connectivity index (χ0v) is 13.5. The van der Waals surface area contributed by atoms with E-state index >= 15 is 0 Å². The Bertz CT molecular complexity index is 401. The number of sulfonamides is 1. The van der Waals surface area contributed by atoms with Crippen LogP contribution >= 0.6 is 11.6 Å². The monoisotopic (exact) mass is 308 g/mol. The number of alkyl halides is 1. The van der Waals surface area contributed by atoms with Crippen LogP contribution in [0.5, 0.6) is 0 Å². The van der Waals surface area contributed by atoms with Crippen LogP contribution in [0.4, 0.5) is 0 Å². The van der Waals surface area contributed by atoms with Crippen LogP contribution in [0.2, 0.25) is 0 Å². The Morgan fingerprint density at radius 1 is 1.21 bits per heavy atom. The van der Waals surface area contributed by atoms with Gasteiger partial charge in [0.1, 0.15) is 0 Å². The minimum absolute atomic E-state index is 0.239. The summed E-state index contributed by atoms with van der Waals surface area (Å²) in [5, 5.41) is 0.239. The lowest BCUT2D eigenvalue weighted by atomic mass is 9.95. The molecular weight excluding hydrogens is 284 g/mol. The Balaban J connectivity index is 1.86. The summed E-state index contributed by atoms with van der Waals surface area (Å²) >= 11 is 6.33. The molecule has 2 aliphatic rings. The lowest BCUT2D eigenvalue weighted by Gasteiger charge is -2.38. The standard InChI is InChI=1S/C13H25ClN2O2S/c1-11-5-7-15(10-13(11)14)8-12-4-3-6-16(9-12)19(2,17)18/h11-13H,3-10H2,1-2H3. The van der Waals surface area contributed by atoms with Crippen LogP contribution in [-0.2, 0) is 10.0 Å². The van der Waals surface area contributed by atoms with E-state index in [-0.39, 0.29) is 5.38 Å². The molecule has 0 aromatic carbocycles. The largest absolute Gasteiger partial charge is 0.302 e. The van der Waals surface area contributed by atoms with E-state index in [0.717, 1.165) is 38.9 Å². The van der Waals surface area contributed by atoms with Gasteiger partial charge in [-0.25, -0.2) is 12.7 Å². The molecule has 3 unspecified atom stereocenters.